The largest absolute Gasteiger partial charge is 0.353 e. The summed E-state index contributed by atoms with van der Waals surface area (Å²) in [5, 5.41) is 2.69. The van der Waals surface area contributed by atoms with Crippen molar-refractivity contribution in [2.24, 2.45) is 0 Å². The van der Waals surface area contributed by atoms with E-state index in [2.05, 4.69) is 27.9 Å². The highest BCUT2D eigenvalue weighted by atomic mass is 127. The van der Waals surface area contributed by atoms with Gasteiger partial charge in [0.2, 0.25) is 15.9 Å². The number of carbonyl (C=O) groups excluding carboxylic acids is 1. The van der Waals surface area contributed by atoms with E-state index in [1.807, 2.05) is 0 Å². The molecule has 1 aliphatic rings. The molecular formula is C12H15IN2O3S. The van der Waals surface area contributed by atoms with E-state index in [1.165, 1.54) is 4.31 Å². The molecule has 1 N–H and O–H groups in total. The second kappa shape index (κ2) is 5.02. The maximum atomic E-state index is 12.6. The summed E-state index contributed by atoms with van der Waals surface area (Å²) in [6.07, 6.45) is 0. The Morgan fingerprint density at radius 3 is 2.42 bits per heavy atom. The summed E-state index contributed by atoms with van der Waals surface area (Å²) in [6, 6.07) is 6.62. The van der Waals surface area contributed by atoms with Gasteiger partial charge in [-0.3, -0.25) is 4.79 Å². The van der Waals surface area contributed by atoms with Crippen molar-refractivity contribution in [2.45, 2.75) is 24.3 Å². The van der Waals surface area contributed by atoms with Gasteiger partial charge in [-0.1, -0.05) is 0 Å². The third-order valence-corrected chi connectivity index (χ3v) is 5.99. The van der Waals surface area contributed by atoms with E-state index in [0.29, 0.717) is 6.54 Å². The van der Waals surface area contributed by atoms with Gasteiger partial charge in [0, 0.05) is 16.7 Å². The van der Waals surface area contributed by atoms with E-state index in [9.17, 15) is 13.2 Å². The van der Waals surface area contributed by atoms with Crippen molar-refractivity contribution in [3.63, 3.8) is 0 Å². The molecule has 2 rings (SSSR count). The molecule has 0 atom stereocenters. The molecule has 0 saturated carbocycles. The molecule has 1 aromatic rings. The van der Waals surface area contributed by atoms with Crippen LogP contribution in [0.2, 0.25) is 0 Å². The van der Waals surface area contributed by atoms with E-state index in [-0.39, 0.29) is 17.3 Å². The highest BCUT2D eigenvalue weighted by Crippen LogP contribution is 2.26. The van der Waals surface area contributed by atoms with Gasteiger partial charge in [0.05, 0.1) is 4.90 Å². The number of piperazine rings is 1. The SMILES string of the molecule is CC1(C)C(=O)NCCN1S(=O)(=O)c1ccc(I)cc1. The number of rotatable bonds is 2. The van der Waals surface area contributed by atoms with E-state index >= 15 is 0 Å². The molecule has 1 aromatic carbocycles. The van der Waals surface area contributed by atoms with Crippen molar-refractivity contribution in [3.8, 4) is 0 Å². The summed E-state index contributed by atoms with van der Waals surface area (Å²) >= 11 is 2.12. The fraction of sp³-hybridized carbons (Fsp3) is 0.417. The number of hydrogen-bond acceptors (Lipinski definition) is 3. The molecule has 0 unspecified atom stereocenters. The Bertz CT molecular complexity index is 596. The molecular weight excluding hydrogens is 379 g/mol. The molecule has 1 fully saturated rings. The van der Waals surface area contributed by atoms with Gasteiger partial charge in [-0.2, -0.15) is 4.31 Å². The monoisotopic (exact) mass is 394 g/mol. The minimum absolute atomic E-state index is 0.218. The average molecular weight is 394 g/mol. The van der Waals surface area contributed by atoms with Crippen LogP contribution in [-0.4, -0.2) is 37.3 Å². The number of halogens is 1. The number of nitrogens with one attached hydrogen (secondary N) is 1. The van der Waals surface area contributed by atoms with Crippen molar-refractivity contribution >= 4 is 38.5 Å². The Morgan fingerprint density at radius 1 is 1.26 bits per heavy atom. The van der Waals surface area contributed by atoms with Gasteiger partial charge in [0.25, 0.3) is 0 Å². The first-order valence-corrected chi connectivity index (χ1v) is 8.35. The minimum Gasteiger partial charge on any atom is -0.353 e. The number of benzene rings is 1. The van der Waals surface area contributed by atoms with Crippen LogP contribution in [0.1, 0.15) is 13.8 Å². The normalized spacial score (nSPS) is 20.1. The van der Waals surface area contributed by atoms with E-state index in [1.54, 1.807) is 38.1 Å². The molecule has 0 aliphatic carbocycles. The highest BCUT2D eigenvalue weighted by molar-refractivity contribution is 14.1. The molecule has 0 spiro atoms. The smallest absolute Gasteiger partial charge is 0.244 e. The molecule has 7 heteroatoms. The van der Waals surface area contributed by atoms with Crippen molar-refractivity contribution < 1.29 is 13.2 Å². The van der Waals surface area contributed by atoms with Crippen molar-refractivity contribution in [1.29, 1.82) is 0 Å². The fourth-order valence-electron chi connectivity index (χ4n) is 2.03. The lowest BCUT2D eigenvalue weighted by molar-refractivity contribution is -0.131. The Hall–Kier alpha value is -0.670. The maximum Gasteiger partial charge on any atom is 0.244 e. The van der Waals surface area contributed by atoms with Crippen LogP contribution in [0.5, 0.6) is 0 Å². The third kappa shape index (κ3) is 2.63. The molecule has 1 aliphatic heterocycles. The second-order valence-electron chi connectivity index (χ2n) is 4.85. The van der Waals surface area contributed by atoms with Gasteiger partial charge in [0.1, 0.15) is 5.54 Å². The lowest BCUT2D eigenvalue weighted by atomic mass is 10.0. The van der Waals surface area contributed by atoms with Gasteiger partial charge >= 0.3 is 0 Å². The first-order valence-electron chi connectivity index (χ1n) is 5.83. The molecule has 104 valence electrons. The second-order valence-corrected chi connectivity index (χ2v) is 7.95. The van der Waals surface area contributed by atoms with Gasteiger partial charge < -0.3 is 5.32 Å². The zero-order chi connectivity index (χ0) is 14.3. The fourth-order valence-corrected chi connectivity index (χ4v) is 4.14. The van der Waals surface area contributed by atoms with Crippen LogP contribution in [0.4, 0.5) is 0 Å². The van der Waals surface area contributed by atoms with Crippen molar-refractivity contribution in [1.82, 2.24) is 9.62 Å². The van der Waals surface area contributed by atoms with Crippen LogP contribution in [0.3, 0.4) is 0 Å². The number of carbonyl (C=O) groups is 1. The van der Waals surface area contributed by atoms with Crippen molar-refractivity contribution in [3.05, 3.63) is 27.8 Å². The number of amides is 1. The maximum absolute atomic E-state index is 12.6. The predicted octanol–water partition coefficient (Wildman–Crippen LogP) is 1.19. The van der Waals surface area contributed by atoms with Crippen molar-refractivity contribution in [2.75, 3.05) is 13.1 Å². The summed E-state index contributed by atoms with van der Waals surface area (Å²) < 4.78 is 27.4. The van der Waals surface area contributed by atoms with E-state index in [0.717, 1.165) is 3.57 Å². The molecule has 5 nitrogen and oxygen atoms in total. The van der Waals surface area contributed by atoms with Gasteiger partial charge in [-0.25, -0.2) is 8.42 Å². The van der Waals surface area contributed by atoms with E-state index < -0.39 is 15.6 Å². The Kier molecular flexibility index (Phi) is 3.90. The summed E-state index contributed by atoms with van der Waals surface area (Å²) in [7, 11) is -3.65. The summed E-state index contributed by atoms with van der Waals surface area (Å²) in [6.45, 7) is 3.86. The standard InChI is InChI=1S/C12H15IN2O3S/c1-12(2)11(16)14-7-8-15(12)19(17,18)10-5-3-9(13)4-6-10/h3-6H,7-8H2,1-2H3,(H,14,16). The van der Waals surface area contributed by atoms with Crippen LogP contribution < -0.4 is 5.32 Å². The zero-order valence-corrected chi connectivity index (χ0v) is 13.7. The third-order valence-electron chi connectivity index (χ3n) is 3.18. The quantitative estimate of drug-likeness (QED) is 0.767. The number of sulfonamides is 1. The van der Waals surface area contributed by atoms with Gasteiger partial charge in [0.15, 0.2) is 0 Å². The first-order chi connectivity index (χ1) is 8.76. The highest BCUT2D eigenvalue weighted by Gasteiger charge is 2.44. The lowest BCUT2D eigenvalue weighted by Crippen LogP contribution is -2.63. The lowest BCUT2D eigenvalue weighted by Gasteiger charge is -2.39. The zero-order valence-electron chi connectivity index (χ0n) is 10.7. The molecule has 0 radical (unpaired) electrons. The number of hydrogen-bond donors (Lipinski definition) is 1. The Morgan fingerprint density at radius 2 is 1.84 bits per heavy atom. The van der Waals surface area contributed by atoms with Gasteiger partial charge in [-0.05, 0) is 60.7 Å². The number of nitrogens with zero attached hydrogens (tertiary/aromatic N) is 1. The first kappa shape index (κ1) is 14.7. The summed E-state index contributed by atoms with van der Waals surface area (Å²) in [5.74, 6) is -0.271. The van der Waals surface area contributed by atoms with Crippen LogP contribution in [0.25, 0.3) is 0 Å². The predicted molar refractivity (Wildman–Crippen MR) is 80.1 cm³/mol. The average Bonchev–Trinajstić information content (AvgIpc) is 2.33. The van der Waals surface area contributed by atoms with Crippen LogP contribution in [-0.2, 0) is 14.8 Å². The molecule has 19 heavy (non-hydrogen) atoms. The molecule has 0 bridgehead atoms. The van der Waals surface area contributed by atoms with Crippen LogP contribution in [0.15, 0.2) is 29.2 Å². The van der Waals surface area contributed by atoms with Crippen LogP contribution >= 0.6 is 22.6 Å². The topological polar surface area (TPSA) is 66.5 Å². The Balaban J connectivity index is 2.44. The Labute approximate surface area is 126 Å². The van der Waals surface area contributed by atoms with E-state index in [4.69, 9.17) is 0 Å². The summed E-state index contributed by atoms with van der Waals surface area (Å²) in [4.78, 5) is 12.1. The summed E-state index contributed by atoms with van der Waals surface area (Å²) in [5.41, 5.74) is -1.07. The van der Waals surface area contributed by atoms with Gasteiger partial charge in [-0.15, -0.1) is 0 Å². The molecule has 1 saturated heterocycles. The minimum atomic E-state index is -3.65. The molecule has 1 amide bonds. The molecule has 1 heterocycles. The van der Waals surface area contributed by atoms with Crippen LogP contribution in [0, 0.1) is 3.57 Å². The molecule has 0 aromatic heterocycles.